The molecule has 0 radical (unpaired) electrons. The van der Waals surface area contributed by atoms with E-state index in [4.69, 9.17) is 79.2 Å². The maximum absolute atomic E-state index is 8.36. The number of carboxylic acid groups (broad SMARTS) is 8. The highest BCUT2D eigenvalue weighted by Gasteiger charge is 1.24. The van der Waals surface area contributed by atoms with Crippen LogP contribution in [-0.2, 0) is 38.4 Å². The van der Waals surface area contributed by atoms with Crippen molar-refractivity contribution in [3.63, 3.8) is 0 Å². The molecule has 8 N–H and O–H groups in total. The van der Waals surface area contributed by atoms with Gasteiger partial charge in [-0.2, -0.15) is 0 Å². The fraction of sp³-hybridized carbons (Fsp3) is 0. The minimum Gasteiger partial charge on any atom is -0.483 e. The Morgan fingerprint density at radius 2 is 0.250 bits per heavy atom. The van der Waals surface area contributed by atoms with Crippen LogP contribution < -0.4 is 0 Å². The molecule has 0 heterocycles. The lowest BCUT2D eigenvalue weighted by molar-refractivity contribution is -0.123. The van der Waals surface area contributed by atoms with Crippen LogP contribution in [0.2, 0.25) is 0 Å². The fourth-order valence-corrected chi connectivity index (χ4v) is 0. The molecule has 0 aromatic carbocycles. The number of carbonyl (C=O) groups is 8. The molecular weight excluding hydrogens is 352 g/mol. The van der Waals surface area contributed by atoms with Gasteiger partial charge in [0.1, 0.15) is 0 Å². The van der Waals surface area contributed by atoms with Crippen LogP contribution in [0.1, 0.15) is 0 Å². The maximum atomic E-state index is 8.36. The highest BCUT2D eigenvalue weighted by molar-refractivity contribution is 5.34. The number of hydrogen-bond donors (Lipinski definition) is 8. The second kappa shape index (κ2) is 419. The van der Waals surface area contributed by atoms with Gasteiger partial charge in [0.2, 0.25) is 0 Å². The Morgan fingerprint density at radius 3 is 0.250 bits per heavy atom. The van der Waals surface area contributed by atoms with E-state index >= 15 is 0 Å². The zero-order valence-electron chi connectivity index (χ0n) is 11.5. The van der Waals surface area contributed by atoms with E-state index < -0.39 is 0 Å². The van der Waals surface area contributed by atoms with Gasteiger partial charge in [-0.1, -0.05) is 0 Å². The molecule has 0 aliphatic carbocycles. The van der Waals surface area contributed by atoms with Crippen LogP contribution in [0.4, 0.5) is 0 Å². The topological polar surface area (TPSA) is 298 Å². The van der Waals surface area contributed by atoms with Crippen molar-refractivity contribution in [2.45, 2.75) is 0 Å². The van der Waals surface area contributed by atoms with Crippen LogP contribution in [-0.4, -0.2) is 92.6 Å². The lowest BCUT2D eigenvalue weighted by Gasteiger charge is -1.34. The van der Waals surface area contributed by atoms with E-state index in [0.717, 1.165) is 0 Å². The molecule has 0 aliphatic rings. The molecule has 24 heavy (non-hydrogen) atoms. The second-order valence-corrected chi connectivity index (χ2v) is 0.843. The molecule has 0 fully saturated rings. The van der Waals surface area contributed by atoms with E-state index in [1.54, 1.807) is 0 Å². The molecule has 0 spiro atoms. The Balaban J connectivity index is -0.0000000203. The summed E-state index contributed by atoms with van der Waals surface area (Å²) < 4.78 is 0. The summed E-state index contributed by atoms with van der Waals surface area (Å²) in [6.45, 7) is -2.00. The molecule has 16 heteroatoms. The Kier molecular flexibility index (Phi) is 877. The van der Waals surface area contributed by atoms with Gasteiger partial charge in [-0.25, -0.2) is 0 Å². The van der Waals surface area contributed by atoms with Crippen molar-refractivity contribution in [3.8, 4) is 0 Å². The van der Waals surface area contributed by atoms with Crippen molar-refractivity contribution in [2.24, 2.45) is 0 Å². The molecule has 0 rings (SSSR count). The van der Waals surface area contributed by atoms with Gasteiger partial charge in [-0.05, 0) is 0 Å². The summed E-state index contributed by atoms with van der Waals surface area (Å²) in [5.41, 5.74) is 0. The Morgan fingerprint density at radius 1 is 0.250 bits per heavy atom. The van der Waals surface area contributed by atoms with Gasteiger partial charge in [-0.3, -0.25) is 38.4 Å². The first-order valence-corrected chi connectivity index (χ1v) is 3.95. The predicted octanol–water partition coefficient (Wildman–Crippen LogP) is -2.39. The van der Waals surface area contributed by atoms with Gasteiger partial charge in [-0.15, -0.1) is 0 Å². The molecule has 144 valence electrons. The van der Waals surface area contributed by atoms with Crippen molar-refractivity contribution in [1.29, 1.82) is 0 Å². The minimum absolute atomic E-state index is 0.250. The minimum atomic E-state index is -0.250. The van der Waals surface area contributed by atoms with Gasteiger partial charge in [0.25, 0.3) is 51.8 Å². The molecule has 16 nitrogen and oxygen atoms in total. The summed E-state index contributed by atoms with van der Waals surface area (Å²) in [5, 5.41) is 55.1. The molecule has 0 saturated heterocycles. The van der Waals surface area contributed by atoms with E-state index in [0.29, 0.717) is 0 Å². The van der Waals surface area contributed by atoms with Crippen molar-refractivity contribution in [1.82, 2.24) is 0 Å². The van der Waals surface area contributed by atoms with Crippen LogP contribution in [0, 0.1) is 0 Å². The third-order valence-corrected chi connectivity index (χ3v) is 0. The van der Waals surface area contributed by atoms with Crippen molar-refractivity contribution < 1.29 is 79.2 Å². The Hall–Kier alpha value is -4.24. The average molecular weight is 368 g/mol. The predicted molar refractivity (Wildman–Crippen MR) is 69.5 cm³/mol. The normalized spacial score (nSPS) is 4.00. The number of hydrogen-bond acceptors (Lipinski definition) is 8. The smallest absolute Gasteiger partial charge is 0.290 e. The van der Waals surface area contributed by atoms with E-state index in [-0.39, 0.29) is 51.8 Å². The van der Waals surface area contributed by atoms with Crippen molar-refractivity contribution in [2.75, 3.05) is 0 Å². The molecule has 0 unspecified atom stereocenters. The third kappa shape index (κ3) is 277. The molecular formula is C8H16O16. The molecule has 0 atom stereocenters. The Bertz CT molecular complexity index is 154. The first-order valence-electron chi connectivity index (χ1n) is 3.95. The van der Waals surface area contributed by atoms with Crippen LogP contribution in [0.5, 0.6) is 0 Å². The van der Waals surface area contributed by atoms with Gasteiger partial charge in [0, 0.05) is 0 Å². The monoisotopic (exact) mass is 368 g/mol. The largest absolute Gasteiger partial charge is 0.483 e. The molecule has 0 aromatic rings. The molecule has 0 aliphatic heterocycles. The summed E-state index contributed by atoms with van der Waals surface area (Å²) in [5.74, 6) is 0. The Labute approximate surface area is 132 Å². The van der Waals surface area contributed by atoms with Crippen LogP contribution in [0.15, 0.2) is 0 Å². The van der Waals surface area contributed by atoms with E-state index in [2.05, 4.69) is 0 Å². The van der Waals surface area contributed by atoms with Gasteiger partial charge in [0.15, 0.2) is 0 Å². The zero-order valence-corrected chi connectivity index (χ0v) is 11.5. The first-order chi connectivity index (χ1) is 11.3. The van der Waals surface area contributed by atoms with E-state index in [1.807, 2.05) is 0 Å². The fourth-order valence-electron chi connectivity index (χ4n) is 0. The highest BCUT2D eigenvalue weighted by atomic mass is 16.4. The standard InChI is InChI=1S/8CH2O2/c8*2-1-3/h8*1H,(H,2,3). The average Bonchev–Trinajstić information content (AvgIpc) is 2.45. The maximum Gasteiger partial charge on any atom is 0.290 e. The zero-order chi connectivity index (χ0) is 21.7. The second-order valence-electron chi connectivity index (χ2n) is 0.843. The highest BCUT2D eigenvalue weighted by Crippen LogP contribution is 0.986. The van der Waals surface area contributed by atoms with Crippen molar-refractivity contribution >= 4 is 51.8 Å². The number of rotatable bonds is 0. The first kappa shape index (κ1) is 50.3. The third-order valence-electron chi connectivity index (χ3n) is 0. The van der Waals surface area contributed by atoms with Crippen molar-refractivity contribution in [3.05, 3.63) is 0 Å². The summed E-state index contributed by atoms with van der Waals surface area (Å²) in [6, 6.07) is 0. The summed E-state index contributed by atoms with van der Waals surface area (Å²) in [4.78, 5) is 66.9. The SMILES string of the molecule is O=CO.O=CO.O=CO.O=CO.O=CO.O=CO.O=CO.O=CO. The summed E-state index contributed by atoms with van der Waals surface area (Å²) in [6.07, 6.45) is 0. The van der Waals surface area contributed by atoms with Gasteiger partial charge in [0.05, 0.1) is 0 Å². The lowest BCUT2D eigenvalue weighted by Crippen LogP contribution is -1.49. The molecule has 0 saturated carbocycles. The summed E-state index contributed by atoms with van der Waals surface area (Å²) in [7, 11) is 0. The van der Waals surface area contributed by atoms with Crippen LogP contribution in [0.3, 0.4) is 0 Å². The summed E-state index contributed by atoms with van der Waals surface area (Å²) >= 11 is 0. The molecule has 0 bridgehead atoms. The lowest BCUT2D eigenvalue weighted by atomic mass is 11.7. The van der Waals surface area contributed by atoms with E-state index in [9.17, 15) is 0 Å². The van der Waals surface area contributed by atoms with Gasteiger partial charge >= 0.3 is 0 Å². The van der Waals surface area contributed by atoms with E-state index in [1.165, 1.54) is 0 Å². The molecule has 0 aromatic heterocycles. The van der Waals surface area contributed by atoms with Gasteiger partial charge < -0.3 is 40.9 Å². The quantitative estimate of drug-likeness (QED) is 0.207. The molecule has 0 amide bonds. The van der Waals surface area contributed by atoms with Crippen LogP contribution >= 0.6 is 0 Å². The van der Waals surface area contributed by atoms with Crippen LogP contribution in [0.25, 0.3) is 0 Å².